The first-order valence-electron chi connectivity index (χ1n) is 9.48. The SMILES string of the molecule is Cc1nc2c(c(N3CCOCC3)n1)CN(C(=O)c1ccc(C(F)(F)F)cc1)CC2. The van der Waals surface area contributed by atoms with Crippen LogP contribution >= 0.6 is 0 Å². The van der Waals surface area contributed by atoms with Crippen molar-refractivity contribution in [2.24, 2.45) is 0 Å². The molecule has 2 aromatic rings. The first kappa shape index (κ1) is 19.6. The van der Waals surface area contributed by atoms with E-state index >= 15 is 0 Å². The summed E-state index contributed by atoms with van der Waals surface area (Å²) in [6.07, 6.45) is -3.84. The first-order chi connectivity index (χ1) is 13.8. The Morgan fingerprint density at radius 2 is 1.76 bits per heavy atom. The number of benzene rings is 1. The highest BCUT2D eigenvalue weighted by Gasteiger charge is 2.31. The molecule has 0 saturated carbocycles. The molecule has 1 saturated heterocycles. The molecule has 6 nitrogen and oxygen atoms in total. The monoisotopic (exact) mass is 406 g/mol. The van der Waals surface area contributed by atoms with E-state index in [4.69, 9.17) is 4.74 Å². The van der Waals surface area contributed by atoms with E-state index in [9.17, 15) is 18.0 Å². The first-order valence-corrected chi connectivity index (χ1v) is 9.48. The molecule has 0 unspecified atom stereocenters. The number of halogens is 3. The number of anilines is 1. The molecule has 0 aliphatic carbocycles. The fourth-order valence-corrected chi connectivity index (χ4v) is 3.71. The molecule has 2 aliphatic heterocycles. The van der Waals surface area contributed by atoms with Crippen molar-refractivity contribution >= 4 is 11.7 Å². The number of carbonyl (C=O) groups is 1. The number of alkyl halides is 3. The van der Waals surface area contributed by atoms with Gasteiger partial charge in [0.25, 0.3) is 5.91 Å². The quantitative estimate of drug-likeness (QED) is 0.768. The number of ether oxygens (including phenoxy) is 1. The zero-order valence-corrected chi connectivity index (χ0v) is 16.0. The van der Waals surface area contributed by atoms with E-state index < -0.39 is 11.7 Å². The second-order valence-electron chi connectivity index (χ2n) is 7.17. The van der Waals surface area contributed by atoms with Crippen LogP contribution in [0.1, 0.15) is 33.0 Å². The van der Waals surface area contributed by atoms with Gasteiger partial charge >= 0.3 is 6.18 Å². The molecule has 1 fully saturated rings. The van der Waals surface area contributed by atoms with E-state index in [0.29, 0.717) is 38.5 Å². The minimum absolute atomic E-state index is 0.238. The lowest BCUT2D eigenvalue weighted by Crippen LogP contribution is -2.41. The van der Waals surface area contributed by atoms with E-state index in [1.165, 1.54) is 12.1 Å². The number of hydrogen-bond donors (Lipinski definition) is 0. The molecule has 0 bridgehead atoms. The Morgan fingerprint density at radius 3 is 2.41 bits per heavy atom. The smallest absolute Gasteiger partial charge is 0.378 e. The summed E-state index contributed by atoms with van der Waals surface area (Å²) in [5.74, 6) is 1.21. The normalized spacial score (nSPS) is 17.2. The van der Waals surface area contributed by atoms with Crippen LogP contribution in [0.3, 0.4) is 0 Å². The van der Waals surface area contributed by atoms with Gasteiger partial charge in [0.1, 0.15) is 11.6 Å². The Morgan fingerprint density at radius 1 is 1.07 bits per heavy atom. The van der Waals surface area contributed by atoms with Gasteiger partial charge in [-0.1, -0.05) is 0 Å². The molecule has 0 spiro atoms. The van der Waals surface area contributed by atoms with Crippen LogP contribution in [0.4, 0.5) is 19.0 Å². The van der Waals surface area contributed by atoms with Crippen LogP contribution < -0.4 is 4.90 Å². The summed E-state index contributed by atoms with van der Waals surface area (Å²) in [4.78, 5) is 25.8. The van der Waals surface area contributed by atoms with E-state index in [0.717, 1.165) is 42.3 Å². The second-order valence-corrected chi connectivity index (χ2v) is 7.17. The van der Waals surface area contributed by atoms with Crippen molar-refractivity contribution in [2.75, 3.05) is 37.7 Å². The maximum atomic E-state index is 12.9. The highest BCUT2D eigenvalue weighted by Crippen LogP contribution is 2.30. The molecule has 0 N–H and O–H groups in total. The third-order valence-electron chi connectivity index (χ3n) is 5.21. The zero-order valence-electron chi connectivity index (χ0n) is 16.0. The summed E-state index contributed by atoms with van der Waals surface area (Å²) in [7, 11) is 0. The Kier molecular flexibility index (Phi) is 5.16. The van der Waals surface area contributed by atoms with Crippen molar-refractivity contribution in [1.29, 1.82) is 0 Å². The summed E-state index contributed by atoms with van der Waals surface area (Å²) in [6, 6.07) is 4.35. The van der Waals surface area contributed by atoms with Gasteiger partial charge < -0.3 is 14.5 Å². The second kappa shape index (κ2) is 7.62. The Labute approximate surface area is 166 Å². The highest BCUT2D eigenvalue weighted by atomic mass is 19.4. The van der Waals surface area contributed by atoms with Gasteiger partial charge in [-0.25, -0.2) is 9.97 Å². The molecule has 29 heavy (non-hydrogen) atoms. The number of nitrogens with zero attached hydrogens (tertiary/aromatic N) is 4. The average molecular weight is 406 g/mol. The van der Waals surface area contributed by atoms with Crippen molar-refractivity contribution in [3.63, 3.8) is 0 Å². The standard InChI is InChI=1S/C20H21F3N4O2/c1-13-24-17-6-7-27(12-16(17)18(25-13)26-8-10-29-11-9-26)19(28)14-2-4-15(5-3-14)20(21,22)23/h2-5H,6-12H2,1H3. The van der Waals surface area contributed by atoms with Crippen molar-refractivity contribution < 1.29 is 22.7 Å². The van der Waals surface area contributed by atoms with Crippen LogP contribution in [0.2, 0.25) is 0 Å². The number of fused-ring (bicyclic) bond motifs is 1. The topological polar surface area (TPSA) is 58.6 Å². The van der Waals surface area contributed by atoms with Crippen LogP contribution in [0.25, 0.3) is 0 Å². The number of aryl methyl sites for hydroxylation is 1. The molecular weight excluding hydrogens is 385 g/mol. The summed E-state index contributed by atoms with van der Waals surface area (Å²) >= 11 is 0. The van der Waals surface area contributed by atoms with Crippen molar-refractivity contribution in [3.8, 4) is 0 Å². The summed E-state index contributed by atoms with van der Waals surface area (Å²) in [5, 5.41) is 0. The molecule has 1 aromatic heterocycles. The highest BCUT2D eigenvalue weighted by molar-refractivity contribution is 5.94. The number of rotatable bonds is 2. The predicted molar refractivity (Wildman–Crippen MR) is 99.7 cm³/mol. The maximum absolute atomic E-state index is 12.9. The fourth-order valence-electron chi connectivity index (χ4n) is 3.71. The number of hydrogen-bond acceptors (Lipinski definition) is 5. The minimum atomic E-state index is -4.42. The van der Waals surface area contributed by atoms with E-state index in [1.807, 2.05) is 6.92 Å². The van der Waals surface area contributed by atoms with Crippen LogP contribution in [0.5, 0.6) is 0 Å². The van der Waals surface area contributed by atoms with E-state index in [-0.39, 0.29) is 11.5 Å². The Balaban J connectivity index is 1.58. The molecule has 4 rings (SSSR count). The summed E-state index contributed by atoms with van der Waals surface area (Å²) < 4.78 is 43.7. The number of carbonyl (C=O) groups excluding carboxylic acids is 1. The van der Waals surface area contributed by atoms with E-state index in [2.05, 4.69) is 14.9 Å². The molecule has 2 aliphatic rings. The summed E-state index contributed by atoms with van der Waals surface area (Å²) in [5.41, 5.74) is 1.30. The molecular formula is C20H21F3N4O2. The number of morpholine rings is 1. The molecule has 1 aromatic carbocycles. The lowest BCUT2D eigenvalue weighted by Gasteiger charge is -2.34. The zero-order chi connectivity index (χ0) is 20.6. The molecule has 0 radical (unpaired) electrons. The lowest BCUT2D eigenvalue weighted by atomic mass is 10.0. The van der Waals surface area contributed by atoms with Gasteiger partial charge in [-0.05, 0) is 31.2 Å². The van der Waals surface area contributed by atoms with Crippen LogP contribution in [-0.4, -0.2) is 53.6 Å². The Bertz CT molecular complexity index is 909. The lowest BCUT2D eigenvalue weighted by molar-refractivity contribution is -0.137. The van der Waals surface area contributed by atoms with Gasteiger partial charge in [-0.15, -0.1) is 0 Å². The van der Waals surface area contributed by atoms with Gasteiger partial charge in [0.15, 0.2) is 0 Å². The van der Waals surface area contributed by atoms with Gasteiger partial charge in [0.2, 0.25) is 0 Å². The van der Waals surface area contributed by atoms with E-state index in [1.54, 1.807) is 4.90 Å². The van der Waals surface area contributed by atoms with Crippen LogP contribution in [-0.2, 0) is 23.9 Å². The predicted octanol–water partition coefficient (Wildman–Crippen LogP) is 2.84. The van der Waals surface area contributed by atoms with Crippen LogP contribution in [0, 0.1) is 6.92 Å². The fraction of sp³-hybridized carbons (Fsp3) is 0.450. The molecule has 154 valence electrons. The van der Waals surface area contributed by atoms with Gasteiger partial charge in [-0.2, -0.15) is 13.2 Å². The largest absolute Gasteiger partial charge is 0.416 e. The van der Waals surface area contributed by atoms with Gasteiger partial charge in [0.05, 0.1) is 31.0 Å². The van der Waals surface area contributed by atoms with Gasteiger partial charge in [-0.3, -0.25) is 4.79 Å². The van der Waals surface area contributed by atoms with Crippen molar-refractivity contribution in [2.45, 2.75) is 26.1 Å². The number of amides is 1. The average Bonchev–Trinajstić information content (AvgIpc) is 2.72. The molecule has 0 atom stereocenters. The number of aromatic nitrogens is 2. The molecule has 9 heteroatoms. The van der Waals surface area contributed by atoms with Crippen molar-refractivity contribution in [1.82, 2.24) is 14.9 Å². The third-order valence-corrected chi connectivity index (χ3v) is 5.21. The van der Waals surface area contributed by atoms with Crippen LogP contribution in [0.15, 0.2) is 24.3 Å². The molecule has 1 amide bonds. The van der Waals surface area contributed by atoms with Crippen molar-refractivity contribution in [3.05, 3.63) is 52.5 Å². The summed E-state index contributed by atoms with van der Waals surface area (Å²) in [6.45, 7) is 5.32. The third kappa shape index (κ3) is 4.05. The maximum Gasteiger partial charge on any atom is 0.416 e. The molecule has 3 heterocycles. The van der Waals surface area contributed by atoms with Gasteiger partial charge in [0, 0.05) is 37.2 Å². The minimum Gasteiger partial charge on any atom is -0.378 e. The Hall–Kier alpha value is -2.68.